The van der Waals surface area contributed by atoms with E-state index in [-0.39, 0.29) is 24.2 Å². The Kier molecular flexibility index (Phi) is 8.03. The van der Waals surface area contributed by atoms with Gasteiger partial charge in [-0.15, -0.1) is 0 Å². The van der Waals surface area contributed by atoms with Crippen molar-refractivity contribution in [1.82, 2.24) is 9.80 Å². The Morgan fingerprint density at radius 1 is 1.22 bits per heavy atom. The molecule has 9 nitrogen and oxygen atoms in total. The maximum Gasteiger partial charge on any atom is 0.338 e. The molecular formula is C26H31N3O6S. The van der Waals surface area contributed by atoms with Crippen LogP contribution in [-0.4, -0.2) is 66.7 Å². The molecule has 3 aliphatic rings. The van der Waals surface area contributed by atoms with Crippen LogP contribution in [0.3, 0.4) is 0 Å². The SMILES string of the molecule is CCOC(=O)C1CCCN(C(=O)CC2=CSC3=NC(C)=C(C(=O)OC)C(c4cccc(OC)c4)N23)C1. The van der Waals surface area contributed by atoms with Crippen LogP contribution in [0.2, 0.25) is 0 Å². The fourth-order valence-corrected chi connectivity index (χ4v) is 5.75. The van der Waals surface area contributed by atoms with E-state index in [1.807, 2.05) is 34.6 Å². The van der Waals surface area contributed by atoms with Crippen LogP contribution in [0, 0.1) is 5.92 Å². The average Bonchev–Trinajstić information content (AvgIpc) is 3.29. The Bertz CT molecular complexity index is 1140. The Morgan fingerprint density at radius 3 is 2.75 bits per heavy atom. The van der Waals surface area contributed by atoms with E-state index < -0.39 is 12.0 Å². The van der Waals surface area contributed by atoms with Crippen LogP contribution in [0.25, 0.3) is 0 Å². The molecule has 2 unspecified atom stereocenters. The second kappa shape index (κ2) is 11.2. The van der Waals surface area contributed by atoms with Gasteiger partial charge in [-0.05, 0) is 49.8 Å². The van der Waals surface area contributed by atoms with Crippen molar-refractivity contribution in [2.45, 2.75) is 39.2 Å². The van der Waals surface area contributed by atoms with Crippen LogP contribution in [0.4, 0.5) is 0 Å². The van der Waals surface area contributed by atoms with Crippen LogP contribution < -0.4 is 4.74 Å². The van der Waals surface area contributed by atoms with Crippen molar-refractivity contribution in [2.75, 3.05) is 33.9 Å². The Balaban J connectivity index is 1.61. The number of hydrogen-bond acceptors (Lipinski definition) is 9. The first kappa shape index (κ1) is 25.8. The van der Waals surface area contributed by atoms with E-state index >= 15 is 0 Å². The first-order valence-electron chi connectivity index (χ1n) is 12.0. The number of thioether (sulfide) groups is 1. The highest BCUT2D eigenvalue weighted by atomic mass is 32.2. The maximum atomic E-state index is 13.4. The van der Waals surface area contributed by atoms with E-state index in [0.717, 1.165) is 17.7 Å². The van der Waals surface area contributed by atoms with Gasteiger partial charge in [0.1, 0.15) is 5.75 Å². The number of piperidine rings is 1. The van der Waals surface area contributed by atoms with E-state index in [1.165, 1.54) is 18.9 Å². The van der Waals surface area contributed by atoms with Gasteiger partial charge in [0.15, 0.2) is 5.17 Å². The molecule has 192 valence electrons. The monoisotopic (exact) mass is 513 g/mol. The molecular weight excluding hydrogens is 482 g/mol. The smallest absolute Gasteiger partial charge is 0.338 e. The fourth-order valence-electron chi connectivity index (χ4n) is 4.79. The number of hydrogen-bond donors (Lipinski definition) is 0. The minimum atomic E-state index is -0.525. The van der Waals surface area contributed by atoms with Crippen LogP contribution in [-0.2, 0) is 23.9 Å². The molecule has 0 spiro atoms. The fraction of sp³-hybridized carbons (Fsp3) is 0.462. The molecule has 0 aliphatic carbocycles. The van der Waals surface area contributed by atoms with Crippen molar-refractivity contribution in [3.63, 3.8) is 0 Å². The molecule has 2 atom stereocenters. The third kappa shape index (κ3) is 5.13. The van der Waals surface area contributed by atoms with E-state index in [4.69, 9.17) is 14.2 Å². The zero-order valence-corrected chi connectivity index (χ0v) is 21.8. The summed E-state index contributed by atoms with van der Waals surface area (Å²) >= 11 is 1.42. The number of aliphatic imine (C=N–C) groups is 1. The van der Waals surface area contributed by atoms with E-state index in [0.29, 0.717) is 48.3 Å². The number of rotatable bonds is 7. The summed E-state index contributed by atoms with van der Waals surface area (Å²) in [7, 11) is 2.94. The highest BCUT2D eigenvalue weighted by molar-refractivity contribution is 8.16. The number of ether oxygens (including phenoxy) is 3. The molecule has 0 bridgehead atoms. The molecule has 0 saturated carbocycles. The zero-order chi connectivity index (χ0) is 25.8. The van der Waals surface area contributed by atoms with Crippen molar-refractivity contribution in [3.05, 3.63) is 52.2 Å². The molecule has 1 amide bonds. The molecule has 1 fully saturated rings. The number of esters is 2. The van der Waals surface area contributed by atoms with Gasteiger partial charge in [-0.2, -0.15) is 0 Å². The molecule has 4 rings (SSSR count). The lowest BCUT2D eigenvalue weighted by atomic mass is 9.93. The number of carbonyl (C=O) groups excluding carboxylic acids is 3. The number of carbonyl (C=O) groups is 3. The summed E-state index contributed by atoms with van der Waals surface area (Å²) in [5, 5.41) is 2.60. The van der Waals surface area contributed by atoms with Gasteiger partial charge in [-0.25, -0.2) is 9.79 Å². The van der Waals surface area contributed by atoms with Gasteiger partial charge in [-0.1, -0.05) is 23.9 Å². The number of benzene rings is 1. The highest BCUT2D eigenvalue weighted by Gasteiger charge is 2.41. The van der Waals surface area contributed by atoms with Crippen LogP contribution in [0.5, 0.6) is 5.75 Å². The summed E-state index contributed by atoms with van der Waals surface area (Å²) < 4.78 is 15.7. The maximum absolute atomic E-state index is 13.4. The van der Waals surface area contributed by atoms with E-state index in [2.05, 4.69) is 4.99 Å². The summed E-state index contributed by atoms with van der Waals surface area (Å²) in [6.45, 7) is 4.85. The van der Waals surface area contributed by atoms with Crippen LogP contribution >= 0.6 is 11.8 Å². The van der Waals surface area contributed by atoms with E-state index in [9.17, 15) is 14.4 Å². The summed E-state index contributed by atoms with van der Waals surface area (Å²) in [6.07, 6.45) is 1.59. The quantitative estimate of drug-likeness (QED) is 0.510. The Morgan fingerprint density at radius 2 is 2.03 bits per heavy atom. The number of nitrogens with zero attached hydrogens (tertiary/aromatic N) is 3. The van der Waals surface area contributed by atoms with Crippen molar-refractivity contribution in [2.24, 2.45) is 10.9 Å². The third-order valence-corrected chi connectivity index (χ3v) is 7.43. The predicted molar refractivity (Wildman–Crippen MR) is 136 cm³/mol. The molecule has 3 heterocycles. The van der Waals surface area contributed by atoms with Crippen molar-refractivity contribution in [1.29, 1.82) is 0 Å². The molecule has 1 aromatic rings. The minimum Gasteiger partial charge on any atom is -0.497 e. The molecule has 0 radical (unpaired) electrons. The second-order valence-electron chi connectivity index (χ2n) is 8.77. The molecule has 3 aliphatic heterocycles. The molecule has 36 heavy (non-hydrogen) atoms. The molecule has 0 N–H and O–H groups in total. The molecule has 10 heteroatoms. The number of allylic oxidation sites excluding steroid dienone is 1. The first-order chi connectivity index (χ1) is 17.4. The van der Waals surface area contributed by atoms with Crippen molar-refractivity contribution in [3.8, 4) is 5.75 Å². The third-order valence-electron chi connectivity index (χ3n) is 6.54. The lowest BCUT2D eigenvalue weighted by Crippen LogP contribution is -2.44. The van der Waals surface area contributed by atoms with Gasteiger partial charge in [0.05, 0.1) is 50.5 Å². The van der Waals surface area contributed by atoms with Crippen LogP contribution in [0.1, 0.15) is 44.7 Å². The summed E-state index contributed by atoms with van der Waals surface area (Å²) in [6, 6.07) is 6.97. The van der Waals surface area contributed by atoms with E-state index in [1.54, 1.807) is 25.9 Å². The molecule has 1 saturated heterocycles. The summed E-state index contributed by atoms with van der Waals surface area (Å²) in [5.74, 6) is -0.447. The number of amides is 1. The van der Waals surface area contributed by atoms with Gasteiger partial charge < -0.3 is 24.0 Å². The Labute approximate surface area is 215 Å². The zero-order valence-electron chi connectivity index (χ0n) is 21.0. The molecule has 1 aromatic carbocycles. The topological polar surface area (TPSA) is 97.7 Å². The van der Waals surface area contributed by atoms with Crippen molar-refractivity contribution >= 4 is 34.8 Å². The minimum absolute atomic E-state index is 0.0765. The molecule has 0 aromatic heterocycles. The van der Waals surface area contributed by atoms with Crippen LogP contribution in [0.15, 0.2) is 51.6 Å². The lowest BCUT2D eigenvalue weighted by molar-refractivity contribution is -0.151. The second-order valence-corrected chi connectivity index (χ2v) is 9.61. The largest absolute Gasteiger partial charge is 0.497 e. The normalized spacial score (nSPS) is 21.4. The first-order valence-corrected chi connectivity index (χ1v) is 12.9. The van der Waals surface area contributed by atoms with Gasteiger partial charge >= 0.3 is 11.9 Å². The predicted octanol–water partition coefficient (Wildman–Crippen LogP) is 3.63. The number of amidine groups is 1. The van der Waals surface area contributed by atoms with Gasteiger partial charge in [0.2, 0.25) is 5.91 Å². The highest BCUT2D eigenvalue weighted by Crippen LogP contribution is 2.45. The van der Waals surface area contributed by atoms with Gasteiger partial charge in [-0.3, -0.25) is 9.59 Å². The number of fused-ring (bicyclic) bond motifs is 1. The standard InChI is InChI=1S/C26H31N3O6S/c1-5-35-24(31)18-9-7-11-28(14-18)21(30)13-19-15-36-26-27-16(2)22(25(32)34-4)23(29(19)26)17-8-6-10-20(12-17)33-3/h6,8,10,12,15,18,23H,5,7,9,11,13-14H2,1-4H3. The number of likely N-dealkylation sites (tertiary alicyclic amines) is 1. The van der Waals surface area contributed by atoms with Gasteiger partial charge in [0, 0.05) is 18.8 Å². The van der Waals surface area contributed by atoms with Crippen molar-refractivity contribution < 1.29 is 28.6 Å². The average molecular weight is 514 g/mol. The lowest BCUT2D eigenvalue weighted by Gasteiger charge is -2.37. The summed E-state index contributed by atoms with van der Waals surface area (Å²) in [4.78, 5) is 46.8. The summed E-state index contributed by atoms with van der Waals surface area (Å²) in [5.41, 5.74) is 2.55. The van der Waals surface area contributed by atoms with Gasteiger partial charge in [0.25, 0.3) is 0 Å². The Hall–Kier alpha value is -3.27. The number of methoxy groups -OCH3 is 2.